The van der Waals surface area contributed by atoms with Crippen molar-refractivity contribution < 1.29 is 14.7 Å². The lowest BCUT2D eigenvalue weighted by Gasteiger charge is -2.36. The first-order valence-electron chi connectivity index (χ1n) is 10.4. The summed E-state index contributed by atoms with van der Waals surface area (Å²) in [6.45, 7) is 1.69. The number of hydrogen-bond acceptors (Lipinski definition) is 4. The number of nitrogens with zero attached hydrogens (tertiary/aromatic N) is 3. The van der Waals surface area contributed by atoms with Crippen molar-refractivity contribution in [1.29, 1.82) is 0 Å². The second-order valence-corrected chi connectivity index (χ2v) is 8.59. The average Bonchev–Trinajstić information content (AvgIpc) is 3.56. The molecular formula is C24H22ClN3O3. The summed E-state index contributed by atoms with van der Waals surface area (Å²) in [5.41, 5.74) is 2.12. The van der Waals surface area contributed by atoms with Gasteiger partial charge in [-0.2, -0.15) is 0 Å². The van der Waals surface area contributed by atoms with E-state index in [2.05, 4.69) is 4.98 Å². The lowest BCUT2D eigenvalue weighted by Crippen LogP contribution is -2.53. The zero-order valence-corrected chi connectivity index (χ0v) is 17.7. The molecule has 1 saturated heterocycles. The minimum Gasteiger partial charge on any atom is -0.380 e. The van der Waals surface area contributed by atoms with Gasteiger partial charge >= 0.3 is 0 Å². The maximum absolute atomic E-state index is 13.0. The van der Waals surface area contributed by atoms with E-state index in [0.29, 0.717) is 49.6 Å². The normalized spacial score (nSPS) is 17.6. The zero-order chi connectivity index (χ0) is 21.6. The molecule has 0 radical (unpaired) electrons. The first kappa shape index (κ1) is 20.0. The molecule has 5 rings (SSSR count). The summed E-state index contributed by atoms with van der Waals surface area (Å²) in [4.78, 5) is 33.1. The molecule has 2 fully saturated rings. The number of pyridine rings is 1. The Labute approximate surface area is 185 Å². The lowest BCUT2D eigenvalue weighted by atomic mass is 9.99. The van der Waals surface area contributed by atoms with Crippen LogP contribution in [0.15, 0.2) is 54.7 Å². The molecule has 1 aliphatic carbocycles. The quantitative estimate of drug-likeness (QED) is 0.684. The highest BCUT2D eigenvalue weighted by atomic mass is 35.5. The highest BCUT2D eigenvalue weighted by molar-refractivity contribution is 6.34. The minimum atomic E-state index is -1.16. The van der Waals surface area contributed by atoms with Gasteiger partial charge in [-0.25, -0.2) is 0 Å². The number of piperazine rings is 1. The molecule has 2 heterocycles. The van der Waals surface area contributed by atoms with E-state index >= 15 is 0 Å². The van der Waals surface area contributed by atoms with Gasteiger partial charge in [0.15, 0.2) is 0 Å². The predicted octanol–water partition coefficient (Wildman–Crippen LogP) is 3.36. The monoisotopic (exact) mass is 435 g/mol. The standard InChI is InChI=1S/C24H22ClN3O3/c25-20-15-16(17-3-1-5-21-18(17)4-2-10-26-21)6-7-19(20)22(29)27-11-13-28(14-12-27)23(30)24(31)8-9-24/h1-7,10,15,31H,8-9,11-14H2. The Morgan fingerprint density at radius 3 is 2.42 bits per heavy atom. The molecule has 7 heteroatoms. The van der Waals surface area contributed by atoms with Gasteiger partial charge in [0, 0.05) is 37.8 Å². The van der Waals surface area contributed by atoms with Crippen LogP contribution in [-0.2, 0) is 4.79 Å². The number of rotatable bonds is 3. The number of fused-ring (bicyclic) bond motifs is 1. The number of aliphatic hydroxyl groups is 1. The molecular weight excluding hydrogens is 414 g/mol. The molecule has 0 unspecified atom stereocenters. The fraction of sp³-hybridized carbons (Fsp3) is 0.292. The van der Waals surface area contributed by atoms with Gasteiger partial charge in [0.25, 0.3) is 11.8 Å². The van der Waals surface area contributed by atoms with E-state index in [-0.39, 0.29) is 11.8 Å². The minimum absolute atomic E-state index is 0.145. The van der Waals surface area contributed by atoms with Crippen LogP contribution in [0.25, 0.3) is 22.0 Å². The van der Waals surface area contributed by atoms with Crippen LogP contribution < -0.4 is 0 Å². The molecule has 2 aliphatic rings. The van der Waals surface area contributed by atoms with Crippen LogP contribution in [0.1, 0.15) is 23.2 Å². The van der Waals surface area contributed by atoms with Crippen molar-refractivity contribution >= 4 is 34.3 Å². The molecule has 1 N–H and O–H groups in total. The summed E-state index contributed by atoms with van der Waals surface area (Å²) in [5.74, 6) is -0.361. The van der Waals surface area contributed by atoms with E-state index in [9.17, 15) is 14.7 Å². The number of amides is 2. The molecule has 1 saturated carbocycles. The van der Waals surface area contributed by atoms with Crippen LogP contribution in [0, 0.1) is 0 Å². The van der Waals surface area contributed by atoms with Gasteiger partial charge in [0.2, 0.25) is 0 Å². The van der Waals surface area contributed by atoms with Crippen molar-refractivity contribution in [2.45, 2.75) is 18.4 Å². The fourth-order valence-electron chi connectivity index (χ4n) is 4.12. The van der Waals surface area contributed by atoms with Crippen molar-refractivity contribution in [3.05, 3.63) is 65.3 Å². The zero-order valence-electron chi connectivity index (χ0n) is 16.9. The smallest absolute Gasteiger partial charge is 0.255 e. The summed E-state index contributed by atoms with van der Waals surface area (Å²) >= 11 is 6.53. The van der Waals surface area contributed by atoms with E-state index in [1.165, 1.54) is 0 Å². The van der Waals surface area contributed by atoms with Crippen molar-refractivity contribution in [1.82, 2.24) is 14.8 Å². The van der Waals surface area contributed by atoms with Crippen LogP contribution in [0.4, 0.5) is 0 Å². The Balaban J connectivity index is 1.33. The van der Waals surface area contributed by atoms with E-state index < -0.39 is 5.60 Å². The maximum Gasteiger partial charge on any atom is 0.255 e. The Hall–Kier alpha value is -2.96. The average molecular weight is 436 g/mol. The molecule has 1 aromatic heterocycles. The Kier molecular flexibility index (Phi) is 4.91. The molecule has 2 amide bonds. The molecule has 0 atom stereocenters. The number of carbonyl (C=O) groups is 2. The first-order chi connectivity index (χ1) is 15.0. The molecule has 6 nitrogen and oxygen atoms in total. The van der Waals surface area contributed by atoms with Crippen molar-refractivity contribution in [2.24, 2.45) is 0 Å². The van der Waals surface area contributed by atoms with E-state index in [0.717, 1.165) is 22.0 Å². The van der Waals surface area contributed by atoms with E-state index in [1.807, 2.05) is 42.5 Å². The van der Waals surface area contributed by atoms with Gasteiger partial charge in [-0.1, -0.05) is 35.9 Å². The van der Waals surface area contributed by atoms with Gasteiger partial charge in [0.05, 0.1) is 16.1 Å². The Morgan fingerprint density at radius 2 is 1.71 bits per heavy atom. The molecule has 1 aliphatic heterocycles. The number of aromatic nitrogens is 1. The highest BCUT2D eigenvalue weighted by Crippen LogP contribution is 2.37. The molecule has 2 aromatic carbocycles. The third-order valence-electron chi connectivity index (χ3n) is 6.13. The van der Waals surface area contributed by atoms with Crippen LogP contribution in [-0.4, -0.2) is 63.5 Å². The molecule has 31 heavy (non-hydrogen) atoms. The van der Waals surface area contributed by atoms with Gasteiger partial charge in [-0.05, 0) is 48.2 Å². The van der Waals surface area contributed by atoms with E-state index in [4.69, 9.17) is 11.6 Å². The summed E-state index contributed by atoms with van der Waals surface area (Å²) in [7, 11) is 0. The van der Waals surface area contributed by atoms with E-state index in [1.54, 1.807) is 22.1 Å². The van der Waals surface area contributed by atoms with Gasteiger partial charge in [-0.15, -0.1) is 0 Å². The number of benzene rings is 2. The summed E-state index contributed by atoms with van der Waals surface area (Å²) in [5, 5.41) is 11.5. The van der Waals surface area contributed by atoms with Crippen molar-refractivity contribution in [3.8, 4) is 11.1 Å². The lowest BCUT2D eigenvalue weighted by molar-refractivity contribution is -0.143. The Bertz CT molecular complexity index is 1180. The van der Waals surface area contributed by atoms with Gasteiger partial charge < -0.3 is 14.9 Å². The number of hydrogen-bond donors (Lipinski definition) is 1. The number of carbonyl (C=O) groups excluding carboxylic acids is 2. The first-order valence-corrected chi connectivity index (χ1v) is 10.8. The summed E-state index contributed by atoms with van der Waals surface area (Å²) in [6.07, 6.45) is 2.82. The van der Waals surface area contributed by atoms with Gasteiger partial charge in [0.1, 0.15) is 5.60 Å². The third-order valence-corrected chi connectivity index (χ3v) is 6.44. The van der Waals surface area contributed by atoms with Gasteiger partial charge in [-0.3, -0.25) is 14.6 Å². The Morgan fingerprint density at radius 1 is 0.968 bits per heavy atom. The topological polar surface area (TPSA) is 73.7 Å². The molecule has 0 spiro atoms. The SMILES string of the molecule is O=C(c1ccc(-c2cccc3ncccc23)cc1Cl)N1CCN(C(=O)C2(O)CC2)CC1. The summed E-state index contributed by atoms with van der Waals surface area (Å²) < 4.78 is 0. The van der Waals surface area contributed by atoms with Crippen LogP contribution in [0.5, 0.6) is 0 Å². The summed E-state index contributed by atoms with van der Waals surface area (Å²) in [6, 6.07) is 15.3. The van der Waals surface area contributed by atoms with Crippen LogP contribution in [0.2, 0.25) is 5.02 Å². The number of halogens is 1. The fourth-order valence-corrected chi connectivity index (χ4v) is 4.38. The highest BCUT2D eigenvalue weighted by Gasteiger charge is 2.50. The molecule has 0 bridgehead atoms. The second-order valence-electron chi connectivity index (χ2n) is 8.19. The molecule has 158 valence electrons. The van der Waals surface area contributed by atoms with Crippen LogP contribution >= 0.6 is 11.6 Å². The van der Waals surface area contributed by atoms with Crippen LogP contribution in [0.3, 0.4) is 0 Å². The third kappa shape index (κ3) is 3.66. The second kappa shape index (κ2) is 7.62. The largest absolute Gasteiger partial charge is 0.380 e. The molecule has 3 aromatic rings. The maximum atomic E-state index is 13.0. The van der Waals surface area contributed by atoms with Crippen molar-refractivity contribution in [3.63, 3.8) is 0 Å². The van der Waals surface area contributed by atoms with Crippen molar-refractivity contribution in [2.75, 3.05) is 26.2 Å². The predicted molar refractivity (Wildman–Crippen MR) is 119 cm³/mol.